The van der Waals surface area contributed by atoms with Crippen LogP contribution in [0.25, 0.3) is 0 Å². The van der Waals surface area contributed by atoms with Gasteiger partial charge in [0.25, 0.3) is 0 Å². The molecule has 0 heterocycles. The second-order valence-corrected chi connectivity index (χ2v) is 4.50. The Balaban J connectivity index is 4.48. The molecular weight excluding hydrogens is 196 g/mol. The lowest BCUT2D eigenvalue weighted by atomic mass is 9.86. The molecule has 0 aromatic heterocycles. The first-order valence-corrected chi connectivity index (χ1v) is 4.94. The number of carbonyl (C=O) groups is 2. The maximum Gasteiger partial charge on any atom is 0.309 e. The maximum atomic E-state index is 11.4. The Kier molecular flexibility index (Phi) is 4.27. The number of aliphatic hydroxyl groups is 1. The molecule has 0 spiro atoms. The van der Waals surface area contributed by atoms with Gasteiger partial charge in [-0.1, -0.05) is 0 Å². The fraction of sp³-hybridized carbons (Fsp3) is 0.800. The Morgan fingerprint density at radius 2 is 1.60 bits per heavy atom. The Morgan fingerprint density at radius 3 is 1.93 bits per heavy atom. The first-order chi connectivity index (χ1) is 6.62. The molecule has 3 N–H and O–H groups in total. The van der Waals surface area contributed by atoms with Gasteiger partial charge in [0.2, 0.25) is 0 Å². The fourth-order valence-electron chi connectivity index (χ4n) is 0.734. The highest BCUT2D eigenvalue weighted by molar-refractivity contribution is 6.35. The van der Waals surface area contributed by atoms with Crippen molar-refractivity contribution in [2.24, 2.45) is 0 Å². The molecule has 0 radical (unpaired) electrons. The van der Waals surface area contributed by atoms with Crippen LogP contribution in [-0.4, -0.2) is 34.6 Å². The van der Waals surface area contributed by atoms with Gasteiger partial charge in [0.05, 0.1) is 11.1 Å². The summed E-state index contributed by atoms with van der Waals surface area (Å²) in [6.07, 6.45) is 0. The van der Waals surface area contributed by atoms with E-state index in [0.717, 1.165) is 0 Å². The molecule has 0 rings (SSSR count). The zero-order chi connectivity index (χ0) is 12.3. The summed E-state index contributed by atoms with van der Waals surface area (Å²) < 4.78 is 0. The number of rotatable bonds is 3. The molecule has 0 saturated carbocycles. The van der Waals surface area contributed by atoms with Crippen molar-refractivity contribution in [1.29, 1.82) is 0 Å². The van der Waals surface area contributed by atoms with Crippen molar-refractivity contribution in [3.63, 3.8) is 0 Å². The molecule has 0 atom stereocenters. The first kappa shape index (κ1) is 13.9. The lowest BCUT2D eigenvalue weighted by molar-refractivity contribution is -0.142. The Hall–Kier alpha value is -1.10. The van der Waals surface area contributed by atoms with Gasteiger partial charge in [-0.15, -0.1) is 0 Å². The molecule has 0 aliphatic rings. The summed E-state index contributed by atoms with van der Waals surface area (Å²) in [6.45, 7) is 8.59. The van der Waals surface area contributed by atoms with Crippen LogP contribution in [0.5, 0.6) is 0 Å². The summed E-state index contributed by atoms with van der Waals surface area (Å²) in [4.78, 5) is 22.5. The molecule has 0 aromatic rings. The van der Waals surface area contributed by atoms with E-state index in [0.29, 0.717) is 6.54 Å². The van der Waals surface area contributed by atoms with Crippen molar-refractivity contribution < 1.29 is 14.7 Å². The molecule has 0 unspecified atom stereocenters. The fourth-order valence-corrected chi connectivity index (χ4v) is 0.734. The highest BCUT2D eigenvalue weighted by Crippen LogP contribution is 2.20. The number of hydrogen-bond donors (Lipinski definition) is 3. The van der Waals surface area contributed by atoms with Gasteiger partial charge in [-0.05, 0) is 34.6 Å². The first-order valence-electron chi connectivity index (χ1n) is 4.94. The molecular formula is C10H20N2O3. The van der Waals surface area contributed by atoms with E-state index in [9.17, 15) is 14.7 Å². The lowest BCUT2D eigenvalue weighted by Gasteiger charge is -2.37. The van der Waals surface area contributed by atoms with Crippen LogP contribution in [-0.2, 0) is 9.59 Å². The van der Waals surface area contributed by atoms with E-state index in [-0.39, 0.29) is 0 Å². The number of carbonyl (C=O) groups excluding carboxylic acids is 2. The third-order valence-electron chi connectivity index (χ3n) is 2.50. The molecule has 0 bridgehead atoms. The molecule has 5 heteroatoms. The highest BCUT2D eigenvalue weighted by Gasteiger charge is 2.37. The van der Waals surface area contributed by atoms with E-state index in [4.69, 9.17) is 0 Å². The Morgan fingerprint density at radius 1 is 1.13 bits per heavy atom. The number of hydrogen-bond acceptors (Lipinski definition) is 3. The number of amides is 2. The van der Waals surface area contributed by atoms with Crippen LogP contribution in [0.15, 0.2) is 0 Å². The summed E-state index contributed by atoms with van der Waals surface area (Å²) in [6, 6.07) is 0. The lowest BCUT2D eigenvalue weighted by Crippen LogP contribution is -2.60. The molecule has 0 saturated heterocycles. The van der Waals surface area contributed by atoms with Crippen molar-refractivity contribution >= 4 is 11.8 Å². The van der Waals surface area contributed by atoms with E-state index < -0.39 is 23.0 Å². The second-order valence-electron chi connectivity index (χ2n) is 4.50. The Bertz CT molecular complexity index is 254. The van der Waals surface area contributed by atoms with Gasteiger partial charge >= 0.3 is 11.8 Å². The summed E-state index contributed by atoms with van der Waals surface area (Å²) in [7, 11) is 0. The average molecular weight is 216 g/mol. The SMILES string of the molecule is CCNC(=O)C(=O)NC(C)(C)C(C)(C)O. The minimum Gasteiger partial charge on any atom is -0.388 e. The standard InChI is InChI=1S/C10H20N2O3/c1-6-11-7(13)8(14)12-9(2,3)10(4,5)15/h15H,6H2,1-5H3,(H,11,13)(H,12,14). The summed E-state index contributed by atoms with van der Waals surface area (Å²) in [5.74, 6) is -1.42. The minimum atomic E-state index is -1.10. The van der Waals surface area contributed by atoms with Gasteiger partial charge in [-0.3, -0.25) is 9.59 Å². The van der Waals surface area contributed by atoms with Crippen molar-refractivity contribution in [3.8, 4) is 0 Å². The predicted molar refractivity (Wildman–Crippen MR) is 57.2 cm³/mol. The van der Waals surface area contributed by atoms with Crippen molar-refractivity contribution in [2.45, 2.75) is 45.8 Å². The molecule has 5 nitrogen and oxygen atoms in total. The molecule has 0 aliphatic carbocycles. The van der Waals surface area contributed by atoms with Crippen LogP contribution < -0.4 is 10.6 Å². The summed E-state index contributed by atoms with van der Waals surface area (Å²) >= 11 is 0. The van der Waals surface area contributed by atoms with E-state index in [1.165, 1.54) is 0 Å². The smallest absolute Gasteiger partial charge is 0.309 e. The van der Waals surface area contributed by atoms with Crippen LogP contribution in [0, 0.1) is 0 Å². The average Bonchev–Trinajstić information content (AvgIpc) is 2.01. The van der Waals surface area contributed by atoms with Gasteiger partial charge < -0.3 is 15.7 Å². The van der Waals surface area contributed by atoms with Crippen LogP contribution in [0.4, 0.5) is 0 Å². The number of likely N-dealkylation sites (N-methyl/N-ethyl adjacent to an activating group) is 1. The van der Waals surface area contributed by atoms with Gasteiger partial charge in [-0.25, -0.2) is 0 Å². The van der Waals surface area contributed by atoms with Crippen molar-refractivity contribution in [2.75, 3.05) is 6.54 Å². The summed E-state index contributed by atoms with van der Waals surface area (Å²) in [5, 5.41) is 14.6. The van der Waals surface area contributed by atoms with Crippen LogP contribution in [0.3, 0.4) is 0 Å². The molecule has 88 valence electrons. The normalized spacial score (nSPS) is 12.1. The van der Waals surface area contributed by atoms with Crippen LogP contribution in [0.2, 0.25) is 0 Å². The number of nitrogens with one attached hydrogen (secondary N) is 2. The largest absolute Gasteiger partial charge is 0.388 e. The predicted octanol–water partition coefficient (Wildman–Crippen LogP) is -0.212. The van der Waals surface area contributed by atoms with E-state index in [1.54, 1.807) is 34.6 Å². The van der Waals surface area contributed by atoms with Gasteiger partial charge in [-0.2, -0.15) is 0 Å². The van der Waals surface area contributed by atoms with E-state index in [2.05, 4.69) is 10.6 Å². The molecule has 2 amide bonds. The third-order valence-corrected chi connectivity index (χ3v) is 2.50. The van der Waals surface area contributed by atoms with Crippen molar-refractivity contribution in [1.82, 2.24) is 10.6 Å². The molecule has 0 aliphatic heterocycles. The second kappa shape index (κ2) is 4.61. The quantitative estimate of drug-likeness (QED) is 0.571. The molecule has 15 heavy (non-hydrogen) atoms. The zero-order valence-electron chi connectivity index (χ0n) is 9.97. The zero-order valence-corrected chi connectivity index (χ0v) is 9.97. The van der Waals surface area contributed by atoms with Gasteiger partial charge in [0, 0.05) is 6.54 Å². The molecule has 0 aromatic carbocycles. The minimum absolute atomic E-state index is 0.398. The summed E-state index contributed by atoms with van der Waals surface area (Å²) in [5.41, 5.74) is -1.97. The molecule has 0 fully saturated rings. The van der Waals surface area contributed by atoms with Gasteiger partial charge in [0.1, 0.15) is 0 Å². The maximum absolute atomic E-state index is 11.4. The Labute approximate surface area is 90.2 Å². The van der Waals surface area contributed by atoms with E-state index >= 15 is 0 Å². The van der Waals surface area contributed by atoms with E-state index in [1.807, 2.05) is 0 Å². The third kappa shape index (κ3) is 3.87. The van der Waals surface area contributed by atoms with Crippen LogP contribution in [0.1, 0.15) is 34.6 Å². The monoisotopic (exact) mass is 216 g/mol. The van der Waals surface area contributed by atoms with Crippen molar-refractivity contribution in [3.05, 3.63) is 0 Å². The van der Waals surface area contributed by atoms with Gasteiger partial charge in [0.15, 0.2) is 0 Å². The topological polar surface area (TPSA) is 78.4 Å². The highest BCUT2D eigenvalue weighted by atomic mass is 16.3. The van der Waals surface area contributed by atoms with Crippen LogP contribution >= 0.6 is 0 Å².